The fourth-order valence-corrected chi connectivity index (χ4v) is 4.08. The van der Waals surface area contributed by atoms with E-state index in [0.29, 0.717) is 5.56 Å². The number of hydrogen-bond donors (Lipinski definition) is 1. The number of primary amides is 1. The van der Waals surface area contributed by atoms with Crippen LogP contribution in [0.25, 0.3) is 0 Å². The molecule has 2 saturated heterocycles. The van der Waals surface area contributed by atoms with E-state index in [1.54, 1.807) is 6.07 Å². The molecule has 0 aromatic carbocycles. The highest BCUT2D eigenvalue weighted by molar-refractivity contribution is 7.12. The lowest BCUT2D eigenvalue weighted by Gasteiger charge is -2.34. The van der Waals surface area contributed by atoms with Crippen LogP contribution >= 0.6 is 11.3 Å². The van der Waals surface area contributed by atoms with Crippen molar-refractivity contribution in [3.63, 3.8) is 0 Å². The van der Waals surface area contributed by atoms with Crippen LogP contribution in [0, 0.1) is 13.8 Å². The zero-order valence-electron chi connectivity index (χ0n) is 13.4. The number of amides is 5. The highest BCUT2D eigenvalue weighted by atomic mass is 32.1. The van der Waals surface area contributed by atoms with Crippen LogP contribution in [0.15, 0.2) is 6.07 Å². The van der Waals surface area contributed by atoms with Crippen molar-refractivity contribution in [2.75, 3.05) is 26.2 Å². The van der Waals surface area contributed by atoms with Crippen LogP contribution in [0.3, 0.4) is 0 Å². The van der Waals surface area contributed by atoms with Crippen molar-refractivity contribution < 1.29 is 19.2 Å². The molecule has 24 heavy (non-hydrogen) atoms. The molecular formula is C15H18N4O4S. The van der Waals surface area contributed by atoms with Crippen molar-refractivity contribution in [2.24, 2.45) is 5.73 Å². The molecule has 1 atom stereocenters. The van der Waals surface area contributed by atoms with Crippen LogP contribution in [0.5, 0.6) is 0 Å². The molecule has 3 rings (SSSR count). The molecule has 128 valence electrons. The molecule has 2 fully saturated rings. The lowest BCUT2D eigenvalue weighted by atomic mass is 10.1. The summed E-state index contributed by atoms with van der Waals surface area (Å²) in [6.07, 6.45) is 0. The number of fused-ring (bicyclic) bond motifs is 1. The number of carbonyl (C=O) groups excluding carboxylic acids is 4. The molecule has 2 aliphatic rings. The third kappa shape index (κ3) is 2.64. The standard InChI is InChI=1S/C15H18N4O4S/c1-8-5-10(9(2)24-8)12(20)7-19-13(21)11-6-17(14(16)22)3-4-18(11)15(19)23/h5,11H,3-4,6-7H2,1-2H3,(H2,16,22)/t11-/m1/s1. The molecule has 2 aliphatic heterocycles. The average molecular weight is 350 g/mol. The van der Waals surface area contributed by atoms with Gasteiger partial charge in [0.15, 0.2) is 5.78 Å². The van der Waals surface area contributed by atoms with Gasteiger partial charge in [-0.1, -0.05) is 0 Å². The molecule has 3 heterocycles. The maximum atomic E-state index is 12.5. The molecule has 0 saturated carbocycles. The minimum atomic E-state index is -0.753. The molecule has 0 radical (unpaired) electrons. The number of rotatable bonds is 3. The molecule has 9 heteroatoms. The van der Waals surface area contributed by atoms with Gasteiger partial charge in [0.05, 0.1) is 13.1 Å². The second kappa shape index (κ2) is 5.90. The molecular weight excluding hydrogens is 332 g/mol. The Morgan fingerprint density at radius 1 is 1.29 bits per heavy atom. The number of Topliss-reactive ketones (excluding diaryl/α,β-unsaturated/α-hetero) is 1. The van der Waals surface area contributed by atoms with Crippen LogP contribution in [-0.4, -0.2) is 70.7 Å². The minimum Gasteiger partial charge on any atom is -0.351 e. The Morgan fingerprint density at radius 2 is 2.00 bits per heavy atom. The molecule has 0 bridgehead atoms. The molecule has 8 nitrogen and oxygen atoms in total. The molecule has 5 amide bonds. The number of nitrogens with zero attached hydrogens (tertiary/aromatic N) is 3. The van der Waals surface area contributed by atoms with Gasteiger partial charge in [0.25, 0.3) is 5.91 Å². The second-order valence-electron chi connectivity index (χ2n) is 5.95. The Hall–Kier alpha value is -2.42. The zero-order valence-corrected chi connectivity index (χ0v) is 14.3. The third-order valence-electron chi connectivity index (χ3n) is 4.36. The number of aryl methyl sites for hydroxylation is 2. The van der Waals surface area contributed by atoms with E-state index >= 15 is 0 Å². The van der Waals surface area contributed by atoms with Gasteiger partial charge in [-0.15, -0.1) is 11.3 Å². The second-order valence-corrected chi connectivity index (χ2v) is 7.41. The monoisotopic (exact) mass is 350 g/mol. The highest BCUT2D eigenvalue weighted by Crippen LogP contribution is 2.25. The molecule has 1 aromatic rings. The van der Waals surface area contributed by atoms with E-state index < -0.39 is 24.0 Å². The first-order chi connectivity index (χ1) is 11.3. The fraction of sp³-hybridized carbons (Fsp3) is 0.467. The Bertz CT molecular complexity index is 744. The van der Waals surface area contributed by atoms with Crippen molar-refractivity contribution in [2.45, 2.75) is 19.9 Å². The topological polar surface area (TPSA) is 104 Å². The van der Waals surface area contributed by atoms with Crippen LogP contribution < -0.4 is 5.73 Å². The summed E-state index contributed by atoms with van der Waals surface area (Å²) in [4.78, 5) is 54.3. The summed E-state index contributed by atoms with van der Waals surface area (Å²) < 4.78 is 0. The van der Waals surface area contributed by atoms with Gasteiger partial charge < -0.3 is 15.5 Å². The number of piperazine rings is 1. The summed E-state index contributed by atoms with van der Waals surface area (Å²) in [7, 11) is 0. The van der Waals surface area contributed by atoms with Crippen molar-refractivity contribution in [3.05, 3.63) is 21.4 Å². The Morgan fingerprint density at radius 3 is 2.58 bits per heavy atom. The van der Waals surface area contributed by atoms with E-state index in [2.05, 4.69) is 0 Å². The van der Waals surface area contributed by atoms with Crippen molar-refractivity contribution in [1.82, 2.24) is 14.7 Å². The summed E-state index contributed by atoms with van der Waals surface area (Å²) in [5.41, 5.74) is 5.79. The number of urea groups is 2. The first-order valence-corrected chi connectivity index (χ1v) is 8.38. The highest BCUT2D eigenvalue weighted by Gasteiger charge is 2.48. The van der Waals surface area contributed by atoms with Gasteiger partial charge in [-0.2, -0.15) is 0 Å². The van der Waals surface area contributed by atoms with Gasteiger partial charge in [-0.25, -0.2) is 9.59 Å². The van der Waals surface area contributed by atoms with Crippen molar-refractivity contribution in [3.8, 4) is 0 Å². The van der Waals surface area contributed by atoms with Gasteiger partial charge in [0.1, 0.15) is 6.04 Å². The largest absolute Gasteiger partial charge is 0.351 e. The maximum absolute atomic E-state index is 12.5. The van der Waals surface area contributed by atoms with Crippen LogP contribution in [0.2, 0.25) is 0 Å². The van der Waals surface area contributed by atoms with Crippen molar-refractivity contribution >= 4 is 35.1 Å². The Labute approximate surface area is 142 Å². The quantitative estimate of drug-likeness (QED) is 0.636. The van der Waals surface area contributed by atoms with Crippen LogP contribution in [0.4, 0.5) is 9.59 Å². The first-order valence-electron chi connectivity index (χ1n) is 7.56. The van der Waals surface area contributed by atoms with Crippen molar-refractivity contribution in [1.29, 1.82) is 0 Å². The SMILES string of the molecule is Cc1cc(C(=O)CN2C(=O)[C@H]3CN(C(N)=O)CCN3C2=O)c(C)s1. The summed E-state index contributed by atoms with van der Waals surface area (Å²) >= 11 is 1.50. The van der Waals surface area contributed by atoms with Gasteiger partial charge in [-0.05, 0) is 19.9 Å². The van der Waals surface area contributed by atoms with E-state index in [0.717, 1.165) is 14.7 Å². The molecule has 0 aliphatic carbocycles. The third-order valence-corrected chi connectivity index (χ3v) is 5.33. The van der Waals surface area contributed by atoms with E-state index in [1.807, 2.05) is 13.8 Å². The van der Waals surface area contributed by atoms with Gasteiger partial charge >= 0.3 is 12.1 Å². The van der Waals surface area contributed by atoms with E-state index in [4.69, 9.17) is 5.73 Å². The summed E-state index contributed by atoms with van der Waals surface area (Å²) in [6.45, 7) is 4.06. The lowest BCUT2D eigenvalue weighted by molar-refractivity contribution is -0.128. The smallest absolute Gasteiger partial charge is 0.328 e. The number of ketones is 1. The van der Waals surface area contributed by atoms with E-state index in [9.17, 15) is 19.2 Å². The number of thiophene rings is 1. The van der Waals surface area contributed by atoms with Gasteiger partial charge in [0.2, 0.25) is 0 Å². The molecule has 2 N–H and O–H groups in total. The average Bonchev–Trinajstić information content (AvgIpc) is 2.99. The predicted octanol–water partition coefficient (Wildman–Crippen LogP) is 0.575. The number of carbonyl (C=O) groups is 4. The zero-order chi connectivity index (χ0) is 17.6. The minimum absolute atomic E-state index is 0.0706. The normalized spacial score (nSPS) is 20.6. The fourth-order valence-electron chi connectivity index (χ4n) is 3.13. The number of nitrogens with two attached hydrogens (primary N) is 1. The van der Waals surface area contributed by atoms with Gasteiger partial charge in [0, 0.05) is 28.4 Å². The first kappa shape index (κ1) is 16.4. The number of imide groups is 1. The Kier molecular flexibility index (Phi) is 4.04. The van der Waals surface area contributed by atoms with E-state index in [1.165, 1.54) is 21.1 Å². The lowest BCUT2D eigenvalue weighted by Crippen LogP contribution is -2.55. The van der Waals surface area contributed by atoms with E-state index in [-0.39, 0.29) is 32.0 Å². The Balaban J connectivity index is 1.76. The maximum Gasteiger partial charge on any atom is 0.328 e. The summed E-state index contributed by atoms with van der Waals surface area (Å²) in [5.74, 6) is -0.714. The molecule has 0 unspecified atom stereocenters. The molecule has 1 aromatic heterocycles. The predicted molar refractivity (Wildman–Crippen MR) is 86.9 cm³/mol. The summed E-state index contributed by atoms with van der Waals surface area (Å²) in [5, 5.41) is 0. The number of hydrogen-bond acceptors (Lipinski definition) is 5. The van der Waals surface area contributed by atoms with Crippen LogP contribution in [0.1, 0.15) is 20.1 Å². The summed E-state index contributed by atoms with van der Waals surface area (Å²) in [6, 6.07) is -0.0760. The van der Waals surface area contributed by atoms with Gasteiger partial charge in [-0.3, -0.25) is 14.5 Å². The van der Waals surface area contributed by atoms with Crippen LogP contribution in [-0.2, 0) is 4.79 Å². The molecule has 0 spiro atoms.